The monoisotopic (exact) mass is 236 g/mol. The SMILES string of the molecule is CCC(CSC)N(C)c1cnc(C#N)cn1. The van der Waals surface area contributed by atoms with Gasteiger partial charge in [0, 0.05) is 18.8 Å². The molecule has 1 atom stereocenters. The lowest BCUT2D eigenvalue weighted by atomic mass is 10.2. The molecule has 0 aromatic carbocycles. The fourth-order valence-corrected chi connectivity index (χ4v) is 2.29. The molecule has 86 valence electrons. The molecule has 0 N–H and O–H groups in total. The van der Waals surface area contributed by atoms with Gasteiger partial charge in [-0.25, -0.2) is 9.97 Å². The van der Waals surface area contributed by atoms with Crippen LogP contribution in [0.3, 0.4) is 0 Å². The summed E-state index contributed by atoms with van der Waals surface area (Å²) < 4.78 is 0. The fraction of sp³-hybridized carbons (Fsp3) is 0.545. The van der Waals surface area contributed by atoms with Crippen LogP contribution in [-0.4, -0.2) is 35.1 Å². The van der Waals surface area contributed by atoms with Crippen molar-refractivity contribution in [1.82, 2.24) is 9.97 Å². The Labute approximate surface area is 101 Å². The van der Waals surface area contributed by atoms with Crippen molar-refractivity contribution < 1.29 is 0 Å². The van der Waals surface area contributed by atoms with Gasteiger partial charge in [0.2, 0.25) is 0 Å². The van der Waals surface area contributed by atoms with Crippen molar-refractivity contribution in [2.75, 3.05) is 24.0 Å². The maximum atomic E-state index is 8.64. The summed E-state index contributed by atoms with van der Waals surface area (Å²) in [6, 6.07) is 2.42. The molecule has 0 aliphatic rings. The quantitative estimate of drug-likeness (QED) is 0.782. The fourth-order valence-electron chi connectivity index (χ4n) is 1.44. The number of nitrogens with zero attached hydrogens (tertiary/aromatic N) is 4. The van der Waals surface area contributed by atoms with Crippen LogP contribution in [0.5, 0.6) is 0 Å². The molecule has 0 radical (unpaired) electrons. The molecule has 1 heterocycles. The van der Waals surface area contributed by atoms with E-state index >= 15 is 0 Å². The van der Waals surface area contributed by atoms with Crippen LogP contribution in [0.15, 0.2) is 12.4 Å². The van der Waals surface area contributed by atoms with E-state index in [1.807, 2.05) is 24.9 Å². The first kappa shape index (κ1) is 12.8. The van der Waals surface area contributed by atoms with Crippen molar-refractivity contribution >= 4 is 17.6 Å². The Morgan fingerprint density at radius 3 is 2.69 bits per heavy atom. The minimum Gasteiger partial charge on any atom is -0.355 e. The Kier molecular flexibility index (Phi) is 5.06. The highest BCUT2D eigenvalue weighted by molar-refractivity contribution is 7.98. The van der Waals surface area contributed by atoms with Gasteiger partial charge in [-0.2, -0.15) is 17.0 Å². The number of hydrogen-bond donors (Lipinski definition) is 0. The van der Waals surface area contributed by atoms with Crippen molar-refractivity contribution in [3.05, 3.63) is 18.1 Å². The second kappa shape index (κ2) is 6.33. The minimum atomic E-state index is 0.357. The van der Waals surface area contributed by atoms with Crippen molar-refractivity contribution in [2.24, 2.45) is 0 Å². The molecule has 1 unspecified atom stereocenters. The van der Waals surface area contributed by atoms with Crippen molar-refractivity contribution in [3.63, 3.8) is 0 Å². The molecule has 0 aliphatic carbocycles. The summed E-state index contributed by atoms with van der Waals surface area (Å²) in [6.45, 7) is 2.16. The molecule has 4 nitrogen and oxygen atoms in total. The van der Waals surface area contributed by atoms with Gasteiger partial charge in [-0.15, -0.1) is 0 Å². The third-order valence-electron chi connectivity index (χ3n) is 2.49. The van der Waals surface area contributed by atoms with Crippen LogP contribution >= 0.6 is 11.8 Å². The molecule has 1 aromatic heterocycles. The topological polar surface area (TPSA) is 52.8 Å². The molecular formula is C11H16N4S. The molecule has 0 saturated heterocycles. The minimum absolute atomic E-state index is 0.357. The van der Waals surface area contributed by atoms with E-state index in [1.54, 1.807) is 6.20 Å². The third-order valence-corrected chi connectivity index (χ3v) is 3.21. The Morgan fingerprint density at radius 2 is 2.25 bits per heavy atom. The zero-order valence-corrected chi connectivity index (χ0v) is 10.7. The average Bonchev–Trinajstić information content (AvgIpc) is 2.35. The van der Waals surface area contributed by atoms with Gasteiger partial charge >= 0.3 is 0 Å². The van der Waals surface area contributed by atoms with Crippen molar-refractivity contribution in [3.8, 4) is 6.07 Å². The van der Waals surface area contributed by atoms with Gasteiger partial charge in [0.25, 0.3) is 0 Å². The van der Waals surface area contributed by atoms with Crippen LogP contribution < -0.4 is 4.90 Å². The standard InChI is InChI=1S/C11H16N4S/c1-4-10(8-16-3)15(2)11-7-13-9(5-12)6-14-11/h6-7,10H,4,8H2,1-3H3. The molecule has 0 fully saturated rings. The zero-order valence-electron chi connectivity index (χ0n) is 9.84. The molecule has 0 spiro atoms. The number of thioether (sulfide) groups is 1. The molecule has 1 aromatic rings. The van der Waals surface area contributed by atoms with E-state index in [-0.39, 0.29) is 0 Å². The highest BCUT2D eigenvalue weighted by atomic mass is 32.2. The summed E-state index contributed by atoms with van der Waals surface area (Å²) in [5, 5.41) is 8.64. The van der Waals surface area contributed by atoms with E-state index in [0.717, 1.165) is 18.0 Å². The van der Waals surface area contributed by atoms with E-state index in [0.29, 0.717) is 11.7 Å². The Balaban J connectivity index is 2.78. The Bertz CT molecular complexity index is 357. The molecule has 0 aliphatic heterocycles. The second-order valence-corrected chi connectivity index (χ2v) is 4.41. The van der Waals surface area contributed by atoms with Crippen LogP contribution in [0.25, 0.3) is 0 Å². The first-order valence-electron chi connectivity index (χ1n) is 5.16. The predicted octanol–water partition coefficient (Wildman–Crippen LogP) is 1.93. The maximum absolute atomic E-state index is 8.64. The Morgan fingerprint density at radius 1 is 1.50 bits per heavy atom. The highest BCUT2D eigenvalue weighted by Gasteiger charge is 2.13. The average molecular weight is 236 g/mol. The number of anilines is 1. The number of rotatable bonds is 5. The van der Waals surface area contributed by atoms with E-state index in [2.05, 4.69) is 28.0 Å². The molecule has 1 rings (SSSR count). The largest absolute Gasteiger partial charge is 0.355 e. The van der Waals surface area contributed by atoms with Gasteiger partial charge in [-0.05, 0) is 12.7 Å². The van der Waals surface area contributed by atoms with Crippen molar-refractivity contribution in [1.29, 1.82) is 5.26 Å². The summed E-state index contributed by atoms with van der Waals surface area (Å²) in [7, 11) is 2.01. The van der Waals surface area contributed by atoms with E-state index in [1.165, 1.54) is 6.20 Å². The number of nitriles is 1. The molecule has 5 heteroatoms. The number of aromatic nitrogens is 2. The molecule has 16 heavy (non-hydrogen) atoms. The zero-order chi connectivity index (χ0) is 12.0. The lowest BCUT2D eigenvalue weighted by Gasteiger charge is -2.27. The maximum Gasteiger partial charge on any atom is 0.158 e. The summed E-state index contributed by atoms with van der Waals surface area (Å²) in [5.74, 6) is 1.88. The van der Waals surface area contributed by atoms with Crippen LogP contribution in [0.1, 0.15) is 19.0 Å². The van der Waals surface area contributed by atoms with E-state index in [9.17, 15) is 0 Å². The number of hydrogen-bond acceptors (Lipinski definition) is 5. The molecular weight excluding hydrogens is 220 g/mol. The van der Waals surface area contributed by atoms with Gasteiger partial charge in [-0.3, -0.25) is 0 Å². The van der Waals surface area contributed by atoms with Gasteiger partial charge in [-0.1, -0.05) is 6.92 Å². The van der Waals surface area contributed by atoms with Crippen LogP contribution in [0.2, 0.25) is 0 Å². The van der Waals surface area contributed by atoms with Gasteiger partial charge in [0.15, 0.2) is 5.69 Å². The summed E-state index contributed by atoms with van der Waals surface area (Å²) in [6.07, 6.45) is 6.33. The highest BCUT2D eigenvalue weighted by Crippen LogP contribution is 2.15. The van der Waals surface area contributed by atoms with Gasteiger partial charge in [0.1, 0.15) is 11.9 Å². The van der Waals surface area contributed by atoms with E-state index in [4.69, 9.17) is 5.26 Å². The van der Waals surface area contributed by atoms with E-state index < -0.39 is 0 Å². The van der Waals surface area contributed by atoms with Gasteiger partial charge in [0.05, 0.1) is 12.4 Å². The molecule has 0 bridgehead atoms. The van der Waals surface area contributed by atoms with Crippen molar-refractivity contribution in [2.45, 2.75) is 19.4 Å². The summed E-state index contributed by atoms with van der Waals surface area (Å²) >= 11 is 1.82. The molecule has 0 amide bonds. The van der Waals surface area contributed by atoms with Crippen LogP contribution in [0, 0.1) is 11.3 Å². The van der Waals surface area contributed by atoms with Gasteiger partial charge < -0.3 is 4.90 Å². The van der Waals surface area contributed by atoms with Crippen LogP contribution in [-0.2, 0) is 0 Å². The lowest BCUT2D eigenvalue weighted by molar-refractivity contribution is 0.664. The lowest BCUT2D eigenvalue weighted by Crippen LogP contribution is -2.33. The smallest absolute Gasteiger partial charge is 0.158 e. The normalized spacial score (nSPS) is 11.9. The van der Waals surface area contributed by atoms with Crippen LogP contribution in [0.4, 0.5) is 5.82 Å². The first-order chi connectivity index (χ1) is 7.72. The summed E-state index contributed by atoms with van der Waals surface area (Å²) in [4.78, 5) is 10.4. The third kappa shape index (κ3) is 3.11. The second-order valence-electron chi connectivity index (χ2n) is 3.50. The molecule has 0 saturated carbocycles. The summed E-state index contributed by atoms with van der Waals surface area (Å²) in [5.41, 5.74) is 0.357. The predicted molar refractivity (Wildman–Crippen MR) is 67.6 cm³/mol. The Hall–Kier alpha value is -1.28. The first-order valence-corrected chi connectivity index (χ1v) is 6.56.